The highest BCUT2D eigenvalue weighted by Crippen LogP contribution is 2.42. The van der Waals surface area contributed by atoms with Crippen molar-refractivity contribution in [3.63, 3.8) is 0 Å². The van der Waals surface area contributed by atoms with Gasteiger partial charge in [0.05, 0.1) is 5.92 Å². The number of nitrogens with one attached hydrogen (secondary N) is 2. The van der Waals surface area contributed by atoms with E-state index in [0.717, 1.165) is 39.2 Å². The van der Waals surface area contributed by atoms with Crippen molar-refractivity contribution in [3.8, 4) is 0 Å². The van der Waals surface area contributed by atoms with Gasteiger partial charge in [-0.3, -0.25) is 9.69 Å². The number of anilines is 2. The van der Waals surface area contributed by atoms with Crippen molar-refractivity contribution >= 4 is 34.3 Å². The summed E-state index contributed by atoms with van der Waals surface area (Å²) in [4.78, 5) is 26.0. The van der Waals surface area contributed by atoms with Gasteiger partial charge in [-0.05, 0) is 36.2 Å². The van der Waals surface area contributed by atoms with Gasteiger partial charge >= 0.3 is 6.03 Å². The molecule has 1 atom stereocenters. The fourth-order valence-electron chi connectivity index (χ4n) is 4.10. The van der Waals surface area contributed by atoms with Gasteiger partial charge in [-0.15, -0.1) is 0 Å². The first-order valence-corrected chi connectivity index (χ1v) is 9.09. The molecular formula is C21H19N3O3. The first-order chi connectivity index (χ1) is 13.1. The Morgan fingerprint density at radius 2 is 2.00 bits per heavy atom. The van der Waals surface area contributed by atoms with E-state index in [2.05, 4.69) is 10.6 Å². The molecule has 6 nitrogen and oxygen atoms in total. The van der Waals surface area contributed by atoms with Crippen LogP contribution in [-0.2, 0) is 4.79 Å². The number of carbonyl (C=O) groups is 2. The monoisotopic (exact) mass is 361 g/mol. The lowest BCUT2D eigenvalue weighted by molar-refractivity contribution is -0.116. The molecule has 0 bridgehead atoms. The number of amides is 3. The topological polar surface area (TPSA) is 74.6 Å². The van der Waals surface area contributed by atoms with E-state index < -0.39 is 0 Å². The first-order valence-electron chi connectivity index (χ1n) is 9.09. The van der Waals surface area contributed by atoms with Crippen LogP contribution in [0.3, 0.4) is 0 Å². The Morgan fingerprint density at radius 1 is 1.15 bits per heavy atom. The molecule has 0 radical (unpaired) electrons. The van der Waals surface area contributed by atoms with Crippen LogP contribution in [0, 0.1) is 6.92 Å². The summed E-state index contributed by atoms with van der Waals surface area (Å²) in [5.41, 5.74) is 4.45. The number of hydrogen-bond donors (Lipinski definition) is 2. The zero-order chi connectivity index (χ0) is 18.5. The second-order valence-electron chi connectivity index (χ2n) is 7.05. The molecule has 0 saturated carbocycles. The first kappa shape index (κ1) is 15.9. The minimum atomic E-state index is -0.136. The lowest BCUT2D eigenvalue weighted by atomic mass is 9.86. The Labute approximate surface area is 156 Å². The van der Waals surface area contributed by atoms with E-state index in [1.807, 2.05) is 49.4 Å². The summed E-state index contributed by atoms with van der Waals surface area (Å²) >= 11 is 0. The fraction of sp³-hybridized carbons (Fsp3) is 0.238. The Balaban J connectivity index is 1.60. The second-order valence-corrected chi connectivity index (χ2v) is 7.05. The van der Waals surface area contributed by atoms with Crippen molar-refractivity contribution < 1.29 is 14.0 Å². The molecule has 136 valence electrons. The number of furan rings is 1. The van der Waals surface area contributed by atoms with Crippen LogP contribution < -0.4 is 15.5 Å². The molecule has 27 heavy (non-hydrogen) atoms. The quantitative estimate of drug-likeness (QED) is 0.730. The van der Waals surface area contributed by atoms with Crippen LogP contribution in [0.2, 0.25) is 0 Å². The van der Waals surface area contributed by atoms with Crippen molar-refractivity contribution in [1.82, 2.24) is 5.32 Å². The minimum absolute atomic E-state index is 0.0459. The van der Waals surface area contributed by atoms with E-state index in [1.54, 1.807) is 4.90 Å². The third kappa shape index (κ3) is 2.48. The van der Waals surface area contributed by atoms with E-state index in [1.165, 1.54) is 0 Å². The van der Waals surface area contributed by atoms with Gasteiger partial charge in [0, 0.05) is 36.3 Å². The van der Waals surface area contributed by atoms with E-state index in [0.29, 0.717) is 19.5 Å². The number of para-hydroxylation sites is 1. The molecule has 3 amide bonds. The molecule has 3 heterocycles. The maximum absolute atomic E-state index is 12.4. The standard InChI is InChI=1S/C21H19N3O3/c1-12-14-4-2-3-5-18(14)27-20(12)16-11-19(25)23-17-10-13(6-7-15(16)17)24-9-8-22-21(24)26/h2-7,10,16H,8-9,11H2,1H3,(H,22,26)(H,23,25). The third-order valence-corrected chi connectivity index (χ3v) is 5.44. The van der Waals surface area contributed by atoms with Crippen LogP contribution in [0.25, 0.3) is 11.0 Å². The molecule has 6 heteroatoms. The predicted molar refractivity (Wildman–Crippen MR) is 103 cm³/mol. The number of benzene rings is 2. The summed E-state index contributed by atoms with van der Waals surface area (Å²) in [6, 6.07) is 13.6. The van der Waals surface area contributed by atoms with Gasteiger partial charge in [-0.1, -0.05) is 24.3 Å². The van der Waals surface area contributed by atoms with Crippen molar-refractivity contribution in [3.05, 3.63) is 59.4 Å². The van der Waals surface area contributed by atoms with Crippen LogP contribution >= 0.6 is 0 Å². The molecular weight excluding hydrogens is 342 g/mol. The Kier molecular flexibility index (Phi) is 3.47. The van der Waals surface area contributed by atoms with E-state index in [-0.39, 0.29) is 17.9 Å². The Bertz CT molecular complexity index is 1090. The zero-order valence-electron chi connectivity index (χ0n) is 14.9. The molecule has 1 aromatic heterocycles. The lowest BCUT2D eigenvalue weighted by Gasteiger charge is -2.26. The summed E-state index contributed by atoms with van der Waals surface area (Å²) in [5, 5.41) is 6.83. The number of urea groups is 1. The van der Waals surface area contributed by atoms with Crippen molar-refractivity contribution in [2.24, 2.45) is 0 Å². The van der Waals surface area contributed by atoms with E-state index in [4.69, 9.17) is 4.42 Å². The van der Waals surface area contributed by atoms with E-state index in [9.17, 15) is 9.59 Å². The number of rotatable bonds is 2. The molecule has 1 unspecified atom stereocenters. The van der Waals surface area contributed by atoms with Gasteiger partial charge < -0.3 is 15.1 Å². The maximum Gasteiger partial charge on any atom is 0.321 e. The summed E-state index contributed by atoms with van der Waals surface area (Å²) in [7, 11) is 0. The van der Waals surface area contributed by atoms with Gasteiger partial charge in [0.25, 0.3) is 0 Å². The van der Waals surface area contributed by atoms with Crippen molar-refractivity contribution in [2.45, 2.75) is 19.3 Å². The molecule has 2 aromatic carbocycles. The van der Waals surface area contributed by atoms with Gasteiger partial charge in [-0.2, -0.15) is 0 Å². The van der Waals surface area contributed by atoms with E-state index >= 15 is 0 Å². The van der Waals surface area contributed by atoms with Crippen LogP contribution in [0.4, 0.5) is 16.2 Å². The highest BCUT2D eigenvalue weighted by molar-refractivity contribution is 5.99. The van der Waals surface area contributed by atoms with Gasteiger partial charge in [-0.25, -0.2) is 4.79 Å². The van der Waals surface area contributed by atoms with Crippen molar-refractivity contribution in [2.75, 3.05) is 23.3 Å². The maximum atomic E-state index is 12.4. The fourth-order valence-corrected chi connectivity index (χ4v) is 4.10. The molecule has 0 aliphatic carbocycles. The number of hydrogen-bond acceptors (Lipinski definition) is 3. The highest BCUT2D eigenvalue weighted by Gasteiger charge is 2.32. The molecule has 1 saturated heterocycles. The second kappa shape index (κ2) is 5.87. The summed E-state index contributed by atoms with van der Waals surface area (Å²) in [5.74, 6) is 0.650. The highest BCUT2D eigenvalue weighted by atomic mass is 16.3. The predicted octanol–water partition coefficient (Wildman–Crippen LogP) is 3.74. The van der Waals surface area contributed by atoms with Crippen LogP contribution in [-0.4, -0.2) is 25.0 Å². The van der Waals surface area contributed by atoms with Crippen LogP contribution in [0.15, 0.2) is 46.9 Å². The molecule has 3 aromatic rings. The summed E-state index contributed by atoms with van der Waals surface area (Å²) in [6.07, 6.45) is 0.344. The van der Waals surface area contributed by atoms with Crippen molar-refractivity contribution in [1.29, 1.82) is 0 Å². The van der Waals surface area contributed by atoms with Gasteiger partial charge in [0.1, 0.15) is 11.3 Å². The number of carbonyl (C=O) groups excluding carboxylic acids is 2. The number of fused-ring (bicyclic) bond motifs is 2. The molecule has 2 aliphatic heterocycles. The third-order valence-electron chi connectivity index (χ3n) is 5.44. The minimum Gasteiger partial charge on any atom is -0.460 e. The average molecular weight is 361 g/mol. The normalized spacial score (nSPS) is 19.1. The lowest BCUT2D eigenvalue weighted by Crippen LogP contribution is -2.28. The smallest absolute Gasteiger partial charge is 0.321 e. The van der Waals surface area contributed by atoms with Gasteiger partial charge in [0.15, 0.2) is 0 Å². The molecule has 2 aliphatic rings. The largest absolute Gasteiger partial charge is 0.460 e. The molecule has 2 N–H and O–H groups in total. The van der Waals surface area contributed by atoms with Gasteiger partial charge in [0.2, 0.25) is 5.91 Å². The molecule has 1 fully saturated rings. The number of aryl methyl sites for hydroxylation is 1. The summed E-state index contributed by atoms with van der Waals surface area (Å²) < 4.78 is 6.14. The molecule has 0 spiro atoms. The molecule has 5 rings (SSSR count). The number of nitrogens with zero attached hydrogens (tertiary/aromatic N) is 1. The zero-order valence-corrected chi connectivity index (χ0v) is 14.9. The van der Waals surface area contributed by atoms with Crippen LogP contribution in [0.1, 0.15) is 29.2 Å². The SMILES string of the molecule is Cc1c(C2CC(=O)Nc3cc(N4CCNC4=O)ccc32)oc2ccccc12. The Morgan fingerprint density at radius 3 is 2.78 bits per heavy atom. The van der Waals surface area contributed by atoms with Crippen LogP contribution in [0.5, 0.6) is 0 Å². The average Bonchev–Trinajstić information content (AvgIpc) is 3.24. The Hall–Kier alpha value is -3.28. The summed E-state index contributed by atoms with van der Waals surface area (Å²) in [6.45, 7) is 3.29.